The summed E-state index contributed by atoms with van der Waals surface area (Å²) in [4.78, 5) is 21.0. The van der Waals surface area contributed by atoms with Crippen LogP contribution in [0.25, 0.3) is 10.9 Å². The van der Waals surface area contributed by atoms with Gasteiger partial charge in [0.05, 0.1) is 12.6 Å². The Bertz CT molecular complexity index is 1200. The van der Waals surface area contributed by atoms with Crippen molar-refractivity contribution >= 4 is 45.6 Å². The first kappa shape index (κ1) is 18.7. The van der Waals surface area contributed by atoms with Crippen LogP contribution in [0.15, 0.2) is 72.8 Å². The molecular weight excluding hydrogens is 388 g/mol. The van der Waals surface area contributed by atoms with Gasteiger partial charge in [0.25, 0.3) is 5.91 Å². The molecule has 0 spiro atoms. The van der Waals surface area contributed by atoms with Crippen molar-refractivity contribution in [2.24, 2.45) is 0 Å². The highest BCUT2D eigenvalue weighted by Gasteiger charge is 2.09. The molecule has 0 saturated heterocycles. The van der Waals surface area contributed by atoms with Crippen LogP contribution >= 0.6 is 11.6 Å². The maximum absolute atomic E-state index is 12.4. The molecule has 2 aromatic carbocycles. The summed E-state index contributed by atoms with van der Waals surface area (Å²) < 4.78 is 5.37. The standard InChI is InChI=1S/C22H17ClN4O2/c1-29-19-9-3-7-17-16(19)11-12-21(27-17)24-14-5-2-6-15(13-14)25-22(28)18-8-4-10-20(23)26-18/h2-13H,1H3,(H,24,27)(H,25,28). The smallest absolute Gasteiger partial charge is 0.274 e. The molecule has 1 amide bonds. The number of aromatic nitrogens is 2. The monoisotopic (exact) mass is 404 g/mol. The molecule has 6 nitrogen and oxygen atoms in total. The van der Waals surface area contributed by atoms with Crippen molar-refractivity contribution in [3.8, 4) is 5.75 Å². The number of carbonyl (C=O) groups is 1. The molecule has 0 aliphatic heterocycles. The maximum Gasteiger partial charge on any atom is 0.274 e. The van der Waals surface area contributed by atoms with Gasteiger partial charge in [-0.15, -0.1) is 0 Å². The Kier molecular flexibility index (Phi) is 5.27. The van der Waals surface area contributed by atoms with Crippen LogP contribution in [0.1, 0.15) is 10.5 Å². The highest BCUT2D eigenvalue weighted by atomic mass is 35.5. The van der Waals surface area contributed by atoms with Gasteiger partial charge in [0.1, 0.15) is 22.4 Å². The summed E-state index contributed by atoms with van der Waals surface area (Å²) in [5.74, 6) is 1.13. The lowest BCUT2D eigenvalue weighted by molar-refractivity contribution is 0.102. The second kappa shape index (κ2) is 8.16. The molecule has 2 heterocycles. The second-order valence-electron chi connectivity index (χ2n) is 6.23. The SMILES string of the molecule is COc1cccc2nc(Nc3cccc(NC(=O)c4cccc(Cl)n4)c3)ccc12. The first-order valence-electron chi connectivity index (χ1n) is 8.87. The minimum Gasteiger partial charge on any atom is -0.496 e. The predicted octanol–water partition coefficient (Wildman–Crippen LogP) is 5.29. The van der Waals surface area contributed by atoms with Crippen molar-refractivity contribution in [3.63, 3.8) is 0 Å². The highest BCUT2D eigenvalue weighted by molar-refractivity contribution is 6.29. The third-order valence-corrected chi connectivity index (χ3v) is 4.46. The fraction of sp³-hybridized carbons (Fsp3) is 0.0455. The van der Waals surface area contributed by atoms with Gasteiger partial charge in [-0.05, 0) is 54.6 Å². The molecule has 0 fully saturated rings. The van der Waals surface area contributed by atoms with Crippen molar-refractivity contribution in [3.05, 3.63) is 83.6 Å². The van der Waals surface area contributed by atoms with E-state index in [2.05, 4.69) is 20.6 Å². The zero-order valence-electron chi connectivity index (χ0n) is 15.5. The molecule has 0 unspecified atom stereocenters. The van der Waals surface area contributed by atoms with E-state index in [1.165, 1.54) is 0 Å². The van der Waals surface area contributed by atoms with Crippen LogP contribution in [-0.2, 0) is 0 Å². The Morgan fingerprint density at radius 2 is 1.72 bits per heavy atom. The van der Waals surface area contributed by atoms with Crippen molar-refractivity contribution in [2.75, 3.05) is 17.7 Å². The van der Waals surface area contributed by atoms with E-state index >= 15 is 0 Å². The van der Waals surface area contributed by atoms with Gasteiger partial charge in [0.2, 0.25) is 0 Å². The van der Waals surface area contributed by atoms with Crippen LogP contribution < -0.4 is 15.4 Å². The van der Waals surface area contributed by atoms with Gasteiger partial charge in [0.15, 0.2) is 0 Å². The predicted molar refractivity (Wildman–Crippen MR) is 115 cm³/mol. The van der Waals surface area contributed by atoms with Crippen LogP contribution in [0.5, 0.6) is 5.75 Å². The fourth-order valence-corrected chi connectivity index (χ4v) is 3.09. The van der Waals surface area contributed by atoms with Gasteiger partial charge >= 0.3 is 0 Å². The average molecular weight is 405 g/mol. The van der Waals surface area contributed by atoms with Gasteiger partial charge in [-0.25, -0.2) is 9.97 Å². The lowest BCUT2D eigenvalue weighted by atomic mass is 10.2. The summed E-state index contributed by atoms with van der Waals surface area (Å²) in [7, 11) is 1.64. The third-order valence-electron chi connectivity index (χ3n) is 4.25. The number of pyridine rings is 2. The van der Waals surface area contributed by atoms with Crippen LogP contribution in [-0.4, -0.2) is 23.0 Å². The van der Waals surface area contributed by atoms with Crippen molar-refractivity contribution in [1.82, 2.24) is 9.97 Å². The zero-order chi connectivity index (χ0) is 20.2. The van der Waals surface area contributed by atoms with E-state index in [4.69, 9.17) is 16.3 Å². The molecule has 0 bridgehead atoms. The number of fused-ring (bicyclic) bond motifs is 1. The first-order chi connectivity index (χ1) is 14.1. The number of hydrogen-bond donors (Lipinski definition) is 2. The largest absolute Gasteiger partial charge is 0.496 e. The number of rotatable bonds is 5. The molecule has 0 atom stereocenters. The molecule has 2 N–H and O–H groups in total. The van der Waals surface area contributed by atoms with E-state index in [1.54, 1.807) is 31.4 Å². The van der Waals surface area contributed by atoms with Crippen molar-refractivity contribution < 1.29 is 9.53 Å². The molecule has 144 valence electrons. The molecule has 29 heavy (non-hydrogen) atoms. The van der Waals surface area contributed by atoms with E-state index in [0.29, 0.717) is 11.5 Å². The molecule has 0 radical (unpaired) electrons. The van der Waals surface area contributed by atoms with Crippen LogP contribution in [0, 0.1) is 0 Å². The minimum absolute atomic E-state index is 0.251. The van der Waals surface area contributed by atoms with E-state index in [1.807, 2.05) is 48.5 Å². The maximum atomic E-state index is 12.4. The quantitative estimate of drug-likeness (QED) is 0.442. The fourth-order valence-electron chi connectivity index (χ4n) is 2.93. The lowest BCUT2D eigenvalue weighted by Gasteiger charge is -2.10. The average Bonchev–Trinajstić information content (AvgIpc) is 2.73. The van der Waals surface area contributed by atoms with Crippen molar-refractivity contribution in [1.29, 1.82) is 0 Å². The van der Waals surface area contributed by atoms with Crippen LogP contribution in [0.3, 0.4) is 0 Å². The van der Waals surface area contributed by atoms with Crippen LogP contribution in [0.2, 0.25) is 5.15 Å². The Balaban J connectivity index is 1.53. The molecule has 0 aliphatic carbocycles. The summed E-state index contributed by atoms with van der Waals surface area (Å²) in [5, 5.41) is 7.29. The number of anilines is 3. The Hall–Kier alpha value is -3.64. The van der Waals surface area contributed by atoms with E-state index in [-0.39, 0.29) is 16.8 Å². The van der Waals surface area contributed by atoms with Gasteiger partial charge in [0, 0.05) is 16.8 Å². The van der Waals surface area contributed by atoms with Gasteiger partial charge in [-0.1, -0.05) is 29.8 Å². The summed E-state index contributed by atoms with van der Waals surface area (Å²) in [5.41, 5.74) is 2.49. The van der Waals surface area contributed by atoms with Crippen molar-refractivity contribution in [2.45, 2.75) is 0 Å². The lowest BCUT2D eigenvalue weighted by Crippen LogP contribution is -2.13. The number of nitrogens with one attached hydrogen (secondary N) is 2. The summed E-state index contributed by atoms with van der Waals surface area (Å²) in [6.45, 7) is 0. The van der Waals surface area contributed by atoms with E-state index in [0.717, 1.165) is 22.3 Å². The highest BCUT2D eigenvalue weighted by Crippen LogP contribution is 2.27. The Morgan fingerprint density at radius 3 is 2.55 bits per heavy atom. The molecule has 0 saturated carbocycles. The Labute approximate surface area is 172 Å². The zero-order valence-corrected chi connectivity index (χ0v) is 16.3. The summed E-state index contributed by atoms with van der Waals surface area (Å²) >= 11 is 5.85. The normalized spacial score (nSPS) is 10.6. The molecule has 4 aromatic rings. The van der Waals surface area contributed by atoms with E-state index < -0.39 is 0 Å². The molecule has 7 heteroatoms. The Morgan fingerprint density at radius 1 is 0.931 bits per heavy atom. The molecular formula is C22H17ClN4O2. The number of ether oxygens (including phenoxy) is 1. The number of halogens is 1. The number of hydrogen-bond acceptors (Lipinski definition) is 5. The number of benzene rings is 2. The molecule has 0 aliphatic rings. The van der Waals surface area contributed by atoms with E-state index in [9.17, 15) is 4.79 Å². The molecule has 2 aromatic heterocycles. The topological polar surface area (TPSA) is 76.1 Å². The minimum atomic E-state index is -0.333. The first-order valence-corrected chi connectivity index (χ1v) is 9.25. The molecule has 4 rings (SSSR count). The van der Waals surface area contributed by atoms with Gasteiger partial charge < -0.3 is 15.4 Å². The van der Waals surface area contributed by atoms with Gasteiger partial charge in [-0.2, -0.15) is 0 Å². The number of nitrogens with zero attached hydrogens (tertiary/aromatic N) is 2. The van der Waals surface area contributed by atoms with Crippen LogP contribution in [0.4, 0.5) is 17.2 Å². The number of amides is 1. The van der Waals surface area contributed by atoms with Gasteiger partial charge in [-0.3, -0.25) is 4.79 Å². The summed E-state index contributed by atoms with van der Waals surface area (Å²) in [6.07, 6.45) is 0. The second-order valence-corrected chi connectivity index (χ2v) is 6.62. The number of methoxy groups -OCH3 is 1. The summed E-state index contributed by atoms with van der Waals surface area (Å²) in [6, 6.07) is 21.8. The number of carbonyl (C=O) groups excluding carboxylic acids is 1. The third kappa shape index (κ3) is 4.28.